The molecule has 0 aliphatic rings. The quantitative estimate of drug-likeness (QED) is 0.736. The lowest BCUT2D eigenvalue weighted by Crippen LogP contribution is -2.24. The van der Waals surface area contributed by atoms with Gasteiger partial charge in [-0.2, -0.15) is 0 Å². The van der Waals surface area contributed by atoms with Gasteiger partial charge in [-0.3, -0.25) is 4.79 Å². The molecule has 0 saturated heterocycles. The lowest BCUT2D eigenvalue weighted by Gasteiger charge is -2.07. The van der Waals surface area contributed by atoms with E-state index in [0.717, 1.165) is 27.9 Å². The Kier molecular flexibility index (Phi) is 4.57. The van der Waals surface area contributed by atoms with Crippen LogP contribution in [0.1, 0.15) is 18.1 Å². The molecule has 1 amide bonds. The van der Waals surface area contributed by atoms with Crippen molar-refractivity contribution in [1.82, 2.24) is 15.3 Å². The molecule has 0 radical (unpaired) electrons. The molecule has 0 unspecified atom stereocenters. The highest BCUT2D eigenvalue weighted by atomic mass is 16.5. The van der Waals surface area contributed by atoms with Crippen LogP contribution in [0.15, 0.2) is 48.8 Å². The summed E-state index contributed by atoms with van der Waals surface area (Å²) in [5.74, 6) is 0.831. The Morgan fingerprint density at radius 3 is 2.87 bits per heavy atom. The summed E-state index contributed by atoms with van der Waals surface area (Å²) < 4.78 is 5.40. The van der Waals surface area contributed by atoms with Crippen LogP contribution in [0.3, 0.4) is 0 Å². The van der Waals surface area contributed by atoms with Gasteiger partial charge in [-0.25, -0.2) is 4.98 Å². The van der Waals surface area contributed by atoms with Gasteiger partial charge in [0.15, 0.2) is 0 Å². The minimum Gasteiger partial charge on any atom is -0.494 e. The van der Waals surface area contributed by atoms with Gasteiger partial charge in [-0.05, 0) is 42.3 Å². The Balaban J connectivity index is 1.57. The van der Waals surface area contributed by atoms with Crippen molar-refractivity contribution in [2.45, 2.75) is 19.9 Å². The first-order valence-electron chi connectivity index (χ1n) is 7.65. The molecule has 1 aromatic carbocycles. The Morgan fingerprint density at radius 1 is 1.26 bits per heavy atom. The van der Waals surface area contributed by atoms with E-state index in [1.54, 1.807) is 6.20 Å². The number of rotatable bonds is 6. The Labute approximate surface area is 134 Å². The van der Waals surface area contributed by atoms with Gasteiger partial charge in [-0.1, -0.05) is 12.1 Å². The largest absolute Gasteiger partial charge is 0.494 e. The summed E-state index contributed by atoms with van der Waals surface area (Å²) in [4.78, 5) is 19.4. The fourth-order valence-corrected chi connectivity index (χ4v) is 2.47. The van der Waals surface area contributed by atoms with E-state index in [-0.39, 0.29) is 5.91 Å². The van der Waals surface area contributed by atoms with Crippen LogP contribution in [0, 0.1) is 0 Å². The fraction of sp³-hybridized carbons (Fsp3) is 0.222. The molecule has 0 aliphatic carbocycles. The van der Waals surface area contributed by atoms with Crippen LogP contribution in [0.25, 0.3) is 11.0 Å². The van der Waals surface area contributed by atoms with Gasteiger partial charge in [0.2, 0.25) is 5.91 Å². The number of hydrogen-bond donors (Lipinski definition) is 2. The summed E-state index contributed by atoms with van der Waals surface area (Å²) in [6.45, 7) is 3.11. The van der Waals surface area contributed by atoms with Crippen molar-refractivity contribution in [3.8, 4) is 5.75 Å². The molecule has 23 heavy (non-hydrogen) atoms. The highest BCUT2D eigenvalue weighted by Crippen LogP contribution is 2.16. The summed E-state index contributed by atoms with van der Waals surface area (Å²) in [5.41, 5.74) is 2.81. The summed E-state index contributed by atoms with van der Waals surface area (Å²) in [7, 11) is 0. The van der Waals surface area contributed by atoms with Crippen LogP contribution in [0.2, 0.25) is 0 Å². The monoisotopic (exact) mass is 309 g/mol. The maximum Gasteiger partial charge on any atom is 0.224 e. The minimum absolute atomic E-state index is 0.0105. The van der Waals surface area contributed by atoms with E-state index in [1.165, 1.54) is 0 Å². The number of fused-ring (bicyclic) bond motifs is 1. The van der Waals surface area contributed by atoms with E-state index in [9.17, 15) is 4.79 Å². The molecule has 118 valence electrons. The molecular weight excluding hydrogens is 290 g/mol. The lowest BCUT2D eigenvalue weighted by atomic mass is 10.1. The Morgan fingerprint density at radius 2 is 2.09 bits per heavy atom. The van der Waals surface area contributed by atoms with Gasteiger partial charge in [-0.15, -0.1) is 0 Å². The zero-order chi connectivity index (χ0) is 16.1. The predicted octanol–water partition coefficient (Wildman–Crippen LogP) is 2.82. The molecule has 0 atom stereocenters. The van der Waals surface area contributed by atoms with Crippen LogP contribution in [0.5, 0.6) is 5.75 Å². The predicted molar refractivity (Wildman–Crippen MR) is 89.3 cm³/mol. The normalized spacial score (nSPS) is 10.7. The number of benzene rings is 1. The van der Waals surface area contributed by atoms with Gasteiger partial charge in [0.25, 0.3) is 0 Å². The number of aromatic nitrogens is 2. The third-order valence-corrected chi connectivity index (χ3v) is 3.61. The van der Waals surface area contributed by atoms with Crippen molar-refractivity contribution in [3.05, 3.63) is 59.9 Å². The van der Waals surface area contributed by atoms with Crippen LogP contribution in [-0.2, 0) is 17.8 Å². The van der Waals surface area contributed by atoms with Crippen LogP contribution >= 0.6 is 0 Å². The second-order valence-electron chi connectivity index (χ2n) is 5.24. The number of ether oxygens (including phenoxy) is 1. The molecule has 5 nitrogen and oxygen atoms in total. The first kappa shape index (κ1) is 15.1. The van der Waals surface area contributed by atoms with E-state index < -0.39 is 0 Å². The van der Waals surface area contributed by atoms with Crippen molar-refractivity contribution < 1.29 is 9.53 Å². The van der Waals surface area contributed by atoms with Crippen molar-refractivity contribution in [2.75, 3.05) is 6.61 Å². The number of pyridine rings is 1. The second-order valence-corrected chi connectivity index (χ2v) is 5.24. The number of amides is 1. The second kappa shape index (κ2) is 6.96. The maximum atomic E-state index is 12.1. The molecule has 2 heterocycles. The number of aromatic amines is 1. The number of H-pyrrole nitrogens is 1. The van der Waals surface area contributed by atoms with Crippen LogP contribution in [0.4, 0.5) is 0 Å². The minimum atomic E-state index is -0.0105. The number of carbonyl (C=O) groups excluding carboxylic acids is 1. The molecule has 0 bridgehead atoms. The van der Waals surface area contributed by atoms with Gasteiger partial charge in [0, 0.05) is 24.3 Å². The van der Waals surface area contributed by atoms with Crippen molar-refractivity contribution in [3.63, 3.8) is 0 Å². The van der Waals surface area contributed by atoms with E-state index in [4.69, 9.17) is 4.74 Å². The molecule has 0 saturated carbocycles. The first-order valence-corrected chi connectivity index (χ1v) is 7.65. The Hall–Kier alpha value is -2.82. The molecule has 0 spiro atoms. The van der Waals surface area contributed by atoms with E-state index in [1.807, 2.05) is 49.5 Å². The zero-order valence-corrected chi connectivity index (χ0v) is 13.0. The number of nitrogens with zero attached hydrogens (tertiary/aromatic N) is 1. The summed E-state index contributed by atoms with van der Waals surface area (Å²) >= 11 is 0. The van der Waals surface area contributed by atoms with Crippen molar-refractivity contribution in [1.29, 1.82) is 0 Å². The topological polar surface area (TPSA) is 67.0 Å². The molecule has 3 rings (SSSR count). The standard InChI is InChI=1S/C18H19N3O2/c1-2-23-15-7-5-13(6-8-15)11-20-17(22)10-14-12-21-18-16(14)4-3-9-19-18/h3-9,12H,2,10-11H2,1H3,(H,19,21)(H,20,22). The van der Waals surface area contributed by atoms with Gasteiger partial charge < -0.3 is 15.0 Å². The average molecular weight is 309 g/mol. The average Bonchev–Trinajstić information content (AvgIpc) is 2.98. The summed E-state index contributed by atoms with van der Waals surface area (Å²) in [6.07, 6.45) is 3.91. The molecule has 2 aromatic heterocycles. The SMILES string of the molecule is CCOc1ccc(CNC(=O)Cc2c[nH]c3ncccc23)cc1. The maximum absolute atomic E-state index is 12.1. The van der Waals surface area contributed by atoms with Gasteiger partial charge in [0.05, 0.1) is 13.0 Å². The van der Waals surface area contributed by atoms with Gasteiger partial charge >= 0.3 is 0 Å². The van der Waals surface area contributed by atoms with Crippen LogP contribution < -0.4 is 10.1 Å². The van der Waals surface area contributed by atoms with Crippen molar-refractivity contribution >= 4 is 16.9 Å². The van der Waals surface area contributed by atoms with Gasteiger partial charge in [0.1, 0.15) is 11.4 Å². The summed E-state index contributed by atoms with van der Waals surface area (Å²) in [6, 6.07) is 11.6. The molecule has 2 N–H and O–H groups in total. The third kappa shape index (κ3) is 3.69. The van der Waals surface area contributed by atoms with E-state index in [2.05, 4.69) is 15.3 Å². The highest BCUT2D eigenvalue weighted by Gasteiger charge is 2.09. The van der Waals surface area contributed by atoms with E-state index >= 15 is 0 Å². The molecule has 3 aromatic rings. The first-order chi connectivity index (χ1) is 11.3. The fourth-order valence-electron chi connectivity index (χ4n) is 2.47. The molecule has 0 fully saturated rings. The molecule has 0 aliphatic heterocycles. The highest BCUT2D eigenvalue weighted by molar-refractivity contribution is 5.87. The lowest BCUT2D eigenvalue weighted by molar-refractivity contribution is -0.120. The molecular formula is C18H19N3O2. The number of nitrogens with one attached hydrogen (secondary N) is 2. The number of carbonyl (C=O) groups is 1. The third-order valence-electron chi connectivity index (χ3n) is 3.61. The zero-order valence-electron chi connectivity index (χ0n) is 13.0. The van der Waals surface area contributed by atoms with Crippen LogP contribution in [-0.4, -0.2) is 22.5 Å². The summed E-state index contributed by atoms with van der Waals surface area (Å²) in [5, 5.41) is 3.93. The van der Waals surface area contributed by atoms with E-state index in [0.29, 0.717) is 19.6 Å². The Bertz CT molecular complexity index is 793. The smallest absolute Gasteiger partial charge is 0.224 e. The molecule has 5 heteroatoms. The number of hydrogen-bond acceptors (Lipinski definition) is 3. The van der Waals surface area contributed by atoms with Crippen molar-refractivity contribution in [2.24, 2.45) is 0 Å².